The van der Waals surface area contributed by atoms with Gasteiger partial charge in [0, 0.05) is 18.9 Å². The van der Waals surface area contributed by atoms with E-state index in [1.54, 1.807) is 7.05 Å². The zero-order valence-corrected chi connectivity index (χ0v) is 11.0. The van der Waals surface area contributed by atoms with E-state index in [4.69, 9.17) is 5.73 Å². The van der Waals surface area contributed by atoms with E-state index in [1.165, 1.54) is 10.9 Å². The molecule has 1 heterocycles. The zero-order chi connectivity index (χ0) is 12.5. The van der Waals surface area contributed by atoms with Crippen LogP contribution in [0.4, 0.5) is 5.82 Å². The summed E-state index contributed by atoms with van der Waals surface area (Å²) in [5.41, 5.74) is 7.32. The maximum absolute atomic E-state index is 11.3. The highest BCUT2D eigenvalue weighted by Gasteiger charge is 2.18. The minimum Gasteiger partial charge on any atom is -0.384 e. The quantitative estimate of drug-likeness (QED) is 0.849. The number of nitrogens with two attached hydrogens (primary N) is 1. The lowest BCUT2D eigenvalue weighted by Crippen LogP contribution is -2.06. The Labute approximate surface area is 96.6 Å². The molecular formula is C10H19N3O2S. The zero-order valence-electron chi connectivity index (χ0n) is 10.2. The molecule has 0 amide bonds. The highest BCUT2D eigenvalue weighted by Crippen LogP contribution is 2.21. The standard InChI is InChI=1S/C10H19N3O2S/c1-7(2)5-8-9(6-16(4,14)15)12-13(3)10(8)11/h7H,5-6,11H2,1-4H3. The van der Waals surface area contributed by atoms with Crippen molar-refractivity contribution in [2.24, 2.45) is 13.0 Å². The van der Waals surface area contributed by atoms with Gasteiger partial charge in [-0.3, -0.25) is 4.68 Å². The first-order chi connectivity index (χ1) is 7.20. The molecule has 0 radical (unpaired) electrons. The second kappa shape index (κ2) is 4.45. The molecule has 1 rings (SSSR count). The van der Waals surface area contributed by atoms with Crippen LogP contribution in [0.3, 0.4) is 0 Å². The Morgan fingerprint density at radius 1 is 1.44 bits per heavy atom. The van der Waals surface area contributed by atoms with Gasteiger partial charge in [0.15, 0.2) is 9.84 Å². The number of anilines is 1. The summed E-state index contributed by atoms with van der Waals surface area (Å²) in [5.74, 6) is 0.942. The molecule has 5 nitrogen and oxygen atoms in total. The maximum atomic E-state index is 11.3. The van der Waals surface area contributed by atoms with Crippen LogP contribution in [0, 0.1) is 5.92 Å². The first-order valence-electron chi connectivity index (χ1n) is 5.18. The smallest absolute Gasteiger partial charge is 0.153 e. The van der Waals surface area contributed by atoms with Gasteiger partial charge in [0.05, 0.1) is 11.4 Å². The molecule has 0 aliphatic carbocycles. The number of nitrogen functional groups attached to an aromatic ring is 1. The van der Waals surface area contributed by atoms with Crippen LogP contribution in [-0.2, 0) is 29.1 Å². The molecule has 0 saturated heterocycles. The molecular weight excluding hydrogens is 226 g/mol. The van der Waals surface area contributed by atoms with Crippen LogP contribution in [0.15, 0.2) is 0 Å². The molecule has 0 bridgehead atoms. The highest BCUT2D eigenvalue weighted by atomic mass is 32.2. The third kappa shape index (κ3) is 3.23. The predicted molar refractivity (Wildman–Crippen MR) is 64.7 cm³/mol. The van der Waals surface area contributed by atoms with Crippen molar-refractivity contribution in [1.82, 2.24) is 9.78 Å². The summed E-state index contributed by atoms with van der Waals surface area (Å²) in [5, 5.41) is 4.16. The van der Waals surface area contributed by atoms with Crippen molar-refractivity contribution in [1.29, 1.82) is 0 Å². The summed E-state index contributed by atoms with van der Waals surface area (Å²) in [7, 11) is -1.34. The van der Waals surface area contributed by atoms with Crippen LogP contribution < -0.4 is 5.73 Å². The normalized spacial score (nSPS) is 12.3. The molecule has 0 aliphatic heterocycles. The van der Waals surface area contributed by atoms with E-state index in [0.29, 0.717) is 17.4 Å². The molecule has 0 fully saturated rings. The monoisotopic (exact) mass is 245 g/mol. The fourth-order valence-electron chi connectivity index (χ4n) is 1.63. The molecule has 0 saturated carbocycles. The van der Waals surface area contributed by atoms with Gasteiger partial charge in [0.25, 0.3) is 0 Å². The molecule has 1 aromatic heterocycles. The summed E-state index contributed by atoms with van der Waals surface area (Å²) in [6.07, 6.45) is 1.96. The largest absolute Gasteiger partial charge is 0.384 e. The Morgan fingerprint density at radius 3 is 2.44 bits per heavy atom. The van der Waals surface area contributed by atoms with Crippen LogP contribution in [0.2, 0.25) is 0 Å². The van der Waals surface area contributed by atoms with Gasteiger partial charge in [-0.15, -0.1) is 0 Å². The van der Waals surface area contributed by atoms with Gasteiger partial charge in [-0.25, -0.2) is 8.42 Å². The van der Waals surface area contributed by atoms with E-state index in [0.717, 1.165) is 12.0 Å². The fraction of sp³-hybridized carbons (Fsp3) is 0.700. The van der Waals surface area contributed by atoms with Crippen molar-refractivity contribution < 1.29 is 8.42 Å². The van der Waals surface area contributed by atoms with Crippen LogP contribution in [-0.4, -0.2) is 24.5 Å². The van der Waals surface area contributed by atoms with Crippen molar-refractivity contribution in [3.05, 3.63) is 11.3 Å². The van der Waals surface area contributed by atoms with Crippen molar-refractivity contribution in [3.63, 3.8) is 0 Å². The lowest BCUT2D eigenvalue weighted by molar-refractivity contribution is 0.598. The SMILES string of the molecule is CC(C)Cc1c(CS(C)(=O)=O)nn(C)c1N. The Morgan fingerprint density at radius 2 is 2.00 bits per heavy atom. The minimum atomic E-state index is -3.07. The van der Waals surface area contributed by atoms with Crippen LogP contribution in [0.5, 0.6) is 0 Å². The Hall–Kier alpha value is -1.04. The number of rotatable bonds is 4. The highest BCUT2D eigenvalue weighted by molar-refractivity contribution is 7.89. The molecule has 6 heteroatoms. The molecule has 92 valence electrons. The molecule has 0 unspecified atom stereocenters. The number of sulfone groups is 1. The molecule has 0 aliphatic rings. The Balaban J connectivity index is 3.13. The lowest BCUT2D eigenvalue weighted by Gasteiger charge is -2.06. The number of hydrogen-bond acceptors (Lipinski definition) is 4. The van der Waals surface area contributed by atoms with Gasteiger partial charge in [-0.1, -0.05) is 13.8 Å². The minimum absolute atomic E-state index is 0.0416. The molecule has 16 heavy (non-hydrogen) atoms. The average Bonchev–Trinajstić information content (AvgIpc) is 2.29. The van der Waals surface area contributed by atoms with E-state index in [-0.39, 0.29) is 5.75 Å². The Bertz CT molecular complexity index is 474. The van der Waals surface area contributed by atoms with E-state index in [9.17, 15) is 8.42 Å². The summed E-state index contributed by atoms with van der Waals surface area (Å²) in [6.45, 7) is 4.13. The summed E-state index contributed by atoms with van der Waals surface area (Å²) < 4.78 is 24.1. The molecule has 2 N–H and O–H groups in total. The molecule has 1 aromatic rings. The van der Waals surface area contributed by atoms with Gasteiger partial charge in [-0.2, -0.15) is 5.10 Å². The van der Waals surface area contributed by atoms with Gasteiger partial charge in [0.2, 0.25) is 0 Å². The van der Waals surface area contributed by atoms with Crippen molar-refractivity contribution in [3.8, 4) is 0 Å². The molecule has 0 spiro atoms. The lowest BCUT2D eigenvalue weighted by atomic mass is 10.0. The average molecular weight is 245 g/mol. The third-order valence-corrected chi connectivity index (χ3v) is 3.09. The number of aryl methyl sites for hydroxylation is 1. The topological polar surface area (TPSA) is 78.0 Å². The first kappa shape index (κ1) is 13.0. The summed E-state index contributed by atoms with van der Waals surface area (Å²) in [6, 6.07) is 0. The number of aromatic nitrogens is 2. The van der Waals surface area contributed by atoms with E-state index in [1.807, 2.05) is 0 Å². The van der Waals surface area contributed by atoms with E-state index < -0.39 is 9.84 Å². The van der Waals surface area contributed by atoms with Gasteiger partial charge in [0.1, 0.15) is 5.82 Å². The van der Waals surface area contributed by atoms with E-state index >= 15 is 0 Å². The summed E-state index contributed by atoms with van der Waals surface area (Å²) in [4.78, 5) is 0. The van der Waals surface area contributed by atoms with E-state index in [2.05, 4.69) is 18.9 Å². The second-order valence-electron chi connectivity index (χ2n) is 4.60. The van der Waals surface area contributed by atoms with Crippen LogP contribution in [0.25, 0.3) is 0 Å². The number of nitrogens with zero attached hydrogens (tertiary/aromatic N) is 2. The second-order valence-corrected chi connectivity index (χ2v) is 6.74. The first-order valence-corrected chi connectivity index (χ1v) is 7.24. The van der Waals surface area contributed by atoms with Crippen molar-refractivity contribution in [2.45, 2.75) is 26.0 Å². The van der Waals surface area contributed by atoms with Crippen LogP contribution in [0.1, 0.15) is 25.1 Å². The van der Waals surface area contributed by atoms with Crippen molar-refractivity contribution in [2.75, 3.05) is 12.0 Å². The van der Waals surface area contributed by atoms with Gasteiger partial charge < -0.3 is 5.73 Å². The van der Waals surface area contributed by atoms with Crippen LogP contribution >= 0.6 is 0 Å². The summed E-state index contributed by atoms with van der Waals surface area (Å²) >= 11 is 0. The van der Waals surface area contributed by atoms with Crippen molar-refractivity contribution >= 4 is 15.7 Å². The fourth-order valence-corrected chi connectivity index (χ4v) is 2.36. The number of hydrogen-bond donors (Lipinski definition) is 1. The molecule has 0 atom stereocenters. The molecule has 0 aromatic carbocycles. The third-order valence-electron chi connectivity index (χ3n) is 2.29. The Kier molecular flexibility index (Phi) is 3.62. The maximum Gasteiger partial charge on any atom is 0.153 e. The van der Waals surface area contributed by atoms with Gasteiger partial charge >= 0.3 is 0 Å². The predicted octanol–water partition coefficient (Wildman–Crippen LogP) is 0.745. The van der Waals surface area contributed by atoms with Gasteiger partial charge in [-0.05, 0) is 12.3 Å².